The molecule has 29 heavy (non-hydrogen) atoms. The van der Waals surface area contributed by atoms with Crippen molar-refractivity contribution in [1.29, 1.82) is 5.41 Å². The van der Waals surface area contributed by atoms with E-state index in [0.29, 0.717) is 17.7 Å². The number of aliphatic hydroxyl groups is 1. The van der Waals surface area contributed by atoms with E-state index in [1.54, 1.807) is 31.6 Å². The Morgan fingerprint density at radius 3 is 2.90 bits per heavy atom. The first-order valence-electron chi connectivity index (χ1n) is 9.52. The fourth-order valence-electron chi connectivity index (χ4n) is 3.96. The highest BCUT2D eigenvalue weighted by Gasteiger charge is 2.27. The van der Waals surface area contributed by atoms with Crippen LogP contribution in [-0.2, 0) is 22.4 Å². The number of allylic oxidation sites excluding steroid dienone is 2. The number of carbonyl (C=O) groups is 1. The molecule has 1 aliphatic rings. The van der Waals surface area contributed by atoms with Crippen molar-refractivity contribution in [1.82, 2.24) is 10.3 Å². The third-order valence-electron chi connectivity index (χ3n) is 5.11. The summed E-state index contributed by atoms with van der Waals surface area (Å²) in [5.41, 5.74) is 11.7. The lowest BCUT2D eigenvalue weighted by Crippen LogP contribution is -2.38. The molecule has 0 spiro atoms. The number of ether oxygens (including phenoxy) is 1. The topological polar surface area (TPSA) is 121 Å². The minimum Gasteiger partial charge on any atom is -0.504 e. The zero-order valence-corrected chi connectivity index (χ0v) is 16.7. The lowest BCUT2D eigenvalue weighted by Gasteiger charge is -2.29. The third kappa shape index (κ3) is 4.14. The molecule has 1 amide bonds. The highest BCUT2D eigenvalue weighted by Crippen LogP contribution is 2.36. The molecular formula is C22H26N4O3. The number of nitrogens with two attached hydrogens (primary N) is 1. The first-order valence-corrected chi connectivity index (χ1v) is 9.52. The van der Waals surface area contributed by atoms with E-state index in [-0.39, 0.29) is 18.6 Å². The van der Waals surface area contributed by atoms with E-state index in [0.717, 1.165) is 46.1 Å². The van der Waals surface area contributed by atoms with Gasteiger partial charge in [0, 0.05) is 41.4 Å². The van der Waals surface area contributed by atoms with Gasteiger partial charge in [0.15, 0.2) is 0 Å². The molecule has 1 atom stereocenters. The number of rotatable bonds is 6. The summed E-state index contributed by atoms with van der Waals surface area (Å²) in [6.07, 6.45) is 8.42. The number of nitrogens with one attached hydrogen (secondary N) is 2. The molecule has 0 aliphatic heterocycles. The Labute approximate surface area is 169 Å². The van der Waals surface area contributed by atoms with E-state index in [1.807, 2.05) is 6.07 Å². The number of aromatic nitrogens is 1. The predicted octanol–water partition coefficient (Wildman–Crippen LogP) is 2.34. The lowest BCUT2D eigenvalue weighted by molar-refractivity contribution is -0.119. The van der Waals surface area contributed by atoms with Crippen molar-refractivity contribution >= 4 is 34.3 Å². The number of fused-ring (bicyclic) bond motifs is 3. The molecule has 1 heterocycles. The maximum absolute atomic E-state index is 11.6. The molecule has 0 bridgehead atoms. The number of hydrogen-bond donors (Lipinski definition) is 4. The summed E-state index contributed by atoms with van der Waals surface area (Å²) in [7, 11) is 1.56. The van der Waals surface area contributed by atoms with Crippen molar-refractivity contribution < 1.29 is 14.6 Å². The maximum Gasteiger partial charge on any atom is 0.217 e. The minimum absolute atomic E-state index is 0.00751. The Hall–Kier alpha value is -3.19. The molecule has 1 aromatic heterocycles. The molecule has 1 aliphatic carbocycles. The van der Waals surface area contributed by atoms with Crippen LogP contribution in [-0.4, -0.2) is 42.0 Å². The van der Waals surface area contributed by atoms with E-state index in [9.17, 15) is 9.90 Å². The van der Waals surface area contributed by atoms with Crippen LogP contribution in [0.25, 0.3) is 16.5 Å². The van der Waals surface area contributed by atoms with Crippen molar-refractivity contribution in [3.63, 3.8) is 0 Å². The highest BCUT2D eigenvalue weighted by atomic mass is 16.5. The van der Waals surface area contributed by atoms with Gasteiger partial charge in [-0.2, -0.15) is 0 Å². The predicted molar refractivity (Wildman–Crippen MR) is 115 cm³/mol. The summed E-state index contributed by atoms with van der Waals surface area (Å²) in [5.74, 6) is -0.0639. The maximum atomic E-state index is 11.6. The van der Waals surface area contributed by atoms with Gasteiger partial charge in [-0.05, 0) is 42.5 Å². The second-order valence-electron chi connectivity index (χ2n) is 7.06. The normalized spacial score (nSPS) is 16.7. The molecule has 0 saturated carbocycles. The zero-order chi connectivity index (χ0) is 21.0. The Morgan fingerprint density at radius 2 is 2.24 bits per heavy atom. The van der Waals surface area contributed by atoms with Gasteiger partial charge in [-0.3, -0.25) is 4.79 Å². The SMILES string of the molecule is CO/C=C(\C=C/CO)c1nc2ccc(N)c(C=N)c2c2c1CC(NC(C)=O)CC2. The van der Waals surface area contributed by atoms with Gasteiger partial charge in [-0.25, -0.2) is 4.98 Å². The fourth-order valence-corrected chi connectivity index (χ4v) is 3.96. The molecule has 0 radical (unpaired) electrons. The van der Waals surface area contributed by atoms with Crippen LogP contribution in [0.3, 0.4) is 0 Å². The summed E-state index contributed by atoms with van der Waals surface area (Å²) in [4.78, 5) is 16.5. The minimum atomic E-state index is -0.0974. The molecule has 0 fully saturated rings. The molecule has 7 nitrogen and oxygen atoms in total. The smallest absolute Gasteiger partial charge is 0.217 e. The molecule has 152 valence electrons. The van der Waals surface area contributed by atoms with Gasteiger partial charge in [-0.15, -0.1) is 0 Å². The first-order chi connectivity index (χ1) is 14.0. The monoisotopic (exact) mass is 394 g/mol. The van der Waals surface area contributed by atoms with Gasteiger partial charge in [-0.1, -0.05) is 12.2 Å². The van der Waals surface area contributed by atoms with E-state index >= 15 is 0 Å². The number of pyridine rings is 1. The second kappa shape index (κ2) is 8.87. The Kier molecular flexibility index (Phi) is 6.29. The van der Waals surface area contributed by atoms with Gasteiger partial charge in [0.05, 0.1) is 31.2 Å². The second-order valence-corrected chi connectivity index (χ2v) is 7.06. The number of hydrogen-bond acceptors (Lipinski definition) is 6. The summed E-state index contributed by atoms with van der Waals surface area (Å²) in [6, 6.07) is 3.63. The van der Waals surface area contributed by atoms with Crippen LogP contribution in [0.5, 0.6) is 0 Å². The van der Waals surface area contributed by atoms with Gasteiger partial charge in [0.1, 0.15) is 0 Å². The standard InChI is InChI=1S/C22H26N4O3/c1-13(28)25-15-5-6-16-17(10-15)22(14(12-29-2)4-3-9-27)26-20-8-7-19(24)18(11-23)21(16)20/h3-4,7-8,11-12,15,23,27H,5-6,9-10,24H2,1-2H3,(H,25,28)/b4-3-,14-12+,23-11?. The quantitative estimate of drug-likeness (QED) is 0.259. The largest absolute Gasteiger partial charge is 0.504 e. The number of nitrogens with zero attached hydrogens (tertiary/aromatic N) is 1. The number of aliphatic hydroxyl groups excluding tert-OH is 1. The summed E-state index contributed by atoms with van der Waals surface area (Å²) < 4.78 is 5.25. The first kappa shape index (κ1) is 20.5. The molecule has 0 saturated heterocycles. The number of benzene rings is 1. The molecule has 2 aromatic rings. The third-order valence-corrected chi connectivity index (χ3v) is 5.11. The Balaban J connectivity index is 2.30. The Bertz CT molecular complexity index is 1010. The number of carbonyl (C=O) groups excluding carboxylic acids is 1. The van der Waals surface area contributed by atoms with Gasteiger partial charge < -0.3 is 26.3 Å². The van der Waals surface area contributed by atoms with Crippen LogP contribution in [0.4, 0.5) is 5.69 Å². The zero-order valence-electron chi connectivity index (χ0n) is 16.7. The van der Waals surface area contributed by atoms with E-state index in [2.05, 4.69) is 5.32 Å². The van der Waals surface area contributed by atoms with Crippen LogP contribution in [0.15, 0.2) is 30.5 Å². The number of amides is 1. The lowest BCUT2D eigenvalue weighted by atomic mass is 9.82. The molecule has 7 heteroatoms. The van der Waals surface area contributed by atoms with E-state index < -0.39 is 0 Å². The number of nitrogen functional groups attached to an aromatic ring is 1. The van der Waals surface area contributed by atoms with Crippen molar-refractivity contribution in [3.8, 4) is 0 Å². The van der Waals surface area contributed by atoms with Gasteiger partial charge >= 0.3 is 0 Å². The Morgan fingerprint density at radius 1 is 1.45 bits per heavy atom. The highest BCUT2D eigenvalue weighted by molar-refractivity contribution is 6.05. The molecule has 1 aromatic carbocycles. The van der Waals surface area contributed by atoms with Crippen LogP contribution in [0, 0.1) is 5.41 Å². The molecule has 3 rings (SSSR count). The average molecular weight is 394 g/mol. The van der Waals surface area contributed by atoms with Crippen LogP contribution >= 0.6 is 0 Å². The number of aryl methyl sites for hydroxylation is 1. The summed E-state index contributed by atoms with van der Waals surface area (Å²) in [6.45, 7) is 1.42. The molecule has 1 unspecified atom stereocenters. The van der Waals surface area contributed by atoms with Crippen molar-refractivity contribution in [2.75, 3.05) is 19.5 Å². The number of methoxy groups -OCH3 is 1. The number of anilines is 1. The van der Waals surface area contributed by atoms with Crippen LogP contribution < -0.4 is 11.1 Å². The van der Waals surface area contributed by atoms with Crippen molar-refractivity contribution in [2.45, 2.75) is 32.2 Å². The van der Waals surface area contributed by atoms with E-state index in [4.69, 9.17) is 20.9 Å². The summed E-state index contributed by atoms with van der Waals surface area (Å²) in [5, 5.41) is 21.0. The van der Waals surface area contributed by atoms with Crippen LogP contribution in [0.2, 0.25) is 0 Å². The van der Waals surface area contributed by atoms with Crippen molar-refractivity contribution in [2.24, 2.45) is 0 Å². The van der Waals surface area contributed by atoms with Crippen molar-refractivity contribution in [3.05, 3.63) is 52.9 Å². The molecular weight excluding hydrogens is 368 g/mol. The van der Waals surface area contributed by atoms with E-state index in [1.165, 1.54) is 13.1 Å². The van der Waals surface area contributed by atoms with Gasteiger partial charge in [0.2, 0.25) is 5.91 Å². The van der Waals surface area contributed by atoms with Gasteiger partial charge in [0.25, 0.3) is 0 Å². The fraction of sp³-hybridized carbons (Fsp3) is 0.318. The molecule has 5 N–H and O–H groups in total. The summed E-state index contributed by atoms with van der Waals surface area (Å²) >= 11 is 0. The van der Waals surface area contributed by atoms with Crippen LogP contribution in [0.1, 0.15) is 35.7 Å². The average Bonchev–Trinajstić information content (AvgIpc) is 2.70.